The van der Waals surface area contributed by atoms with Gasteiger partial charge in [0, 0.05) is 5.39 Å². The molecule has 1 aliphatic carbocycles. The minimum atomic E-state index is -4.60. The number of sulfonamides is 2. The van der Waals surface area contributed by atoms with Gasteiger partial charge in [0.1, 0.15) is 5.58 Å². The Balaban J connectivity index is 1.64. The minimum absolute atomic E-state index is 0.0670. The van der Waals surface area contributed by atoms with E-state index in [9.17, 15) is 21.6 Å². The molecule has 0 radical (unpaired) electrons. The number of benzene rings is 4. The van der Waals surface area contributed by atoms with E-state index in [0.29, 0.717) is 14.7 Å². The first-order chi connectivity index (χ1) is 20.0. The molecule has 42 heavy (non-hydrogen) atoms. The van der Waals surface area contributed by atoms with Crippen LogP contribution >= 0.6 is 0 Å². The minimum Gasteiger partial charge on any atom is -0.422 e. The van der Waals surface area contributed by atoms with Crippen LogP contribution in [0.1, 0.15) is 41.0 Å². The number of fused-ring (bicyclic) bond motifs is 1. The molecule has 1 aliphatic rings. The molecule has 0 aliphatic heterocycles. The van der Waals surface area contributed by atoms with Gasteiger partial charge >= 0.3 is 5.63 Å². The van der Waals surface area contributed by atoms with E-state index in [1.807, 2.05) is 45.0 Å². The maximum atomic E-state index is 14.2. The van der Waals surface area contributed by atoms with Crippen LogP contribution in [-0.4, -0.2) is 16.8 Å². The van der Waals surface area contributed by atoms with Crippen LogP contribution in [0.3, 0.4) is 0 Å². The summed E-state index contributed by atoms with van der Waals surface area (Å²) < 4.78 is 62.9. The largest absolute Gasteiger partial charge is 0.422 e. The molecule has 214 valence electrons. The summed E-state index contributed by atoms with van der Waals surface area (Å²) in [6, 6.07) is 24.0. The summed E-state index contributed by atoms with van der Waals surface area (Å²) in [6.45, 7) is 5.55. The van der Waals surface area contributed by atoms with Gasteiger partial charge in [0.05, 0.1) is 21.0 Å². The van der Waals surface area contributed by atoms with Crippen molar-refractivity contribution in [3.63, 3.8) is 0 Å². The fourth-order valence-corrected chi connectivity index (χ4v) is 8.92. The second kappa shape index (κ2) is 10.3. The van der Waals surface area contributed by atoms with Crippen molar-refractivity contribution in [3.05, 3.63) is 124 Å². The summed E-state index contributed by atoms with van der Waals surface area (Å²) in [7, 11) is -9.19. The lowest BCUT2D eigenvalue weighted by Gasteiger charge is -2.25. The highest BCUT2D eigenvalue weighted by Crippen LogP contribution is 2.48. The number of anilines is 1. The van der Waals surface area contributed by atoms with Crippen molar-refractivity contribution < 1.29 is 21.3 Å². The Labute approximate surface area is 245 Å². The molecule has 9 heteroatoms. The smallest absolute Gasteiger partial charge is 0.344 e. The lowest BCUT2D eigenvalue weighted by atomic mass is 9.92. The predicted molar refractivity (Wildman–Crippen MR) is 164 cm³/mol. The lowest BCUT2D eigenvalue weighted by Crippen LogP contribution is -2.37. The van der Waals surface area contributed by atoms with Crippen molar-refractivity contribution in [2.45, 2.75) is 49.3 Å². The predicted octanol–water partition coefficient (Wildman–Crippen LogP) is 6.85. The molecule has 0 atom stereocenters. The van der Waals surface area contributed by atoms with Crippen LogP contribution in [-0.2, 0) is 20.0 Å². The summed E-state index contributed by atoms with van der Waals surface area (Å²) in [4.78, 5) is 13.0. The van der Waals surface area contributed by atoms with E-state index in [1.165, 1.54) is 42.5 Å². The number of hydrogen-bond acceptors (Lipinski definition) is 6. The lowest BCUT2D eigenvalue weighted by molar-refractivity contribution is 0.561. The molecule has 1 saturated carbocycles. The number of rotatable bonds is 7. The van der Waals surface area contributed by atoms with Crippen molar-refractivity contribution in [1.82, 2.24) is 0 Å². The third-order valence-electron chi connectivity index (χ3n) is 7.61. The Morgan fingerprint density at radius 2 is 1.26 bits per heavy atom. The zero-order valence-electron chi connectivity index (χ0n) is 23.4. The molecule has 5 aromatic rings. The first kappa shape index (κ1) is 27.9. The van der Waals surface area contributed by atoms with Gasteiger partial charge in [-0.2, -0.15) is 3.71 Å². The van der Waals surface area contributed by atoms with Crippen molar-refractivity contribution >= 4 is 36.7 Å². The van der Waals surface area contributed by atoms with Crippen molar-refractivity contribution in [3.8, 4) is 11.1 Å². The van der Waals surface area contributed by atoms with Crippen LogP contribution in [0, 0.1) is 20.8 Å². The Morgan fingerprint density at radius 1 is 0.714 bits per heavy atom. The van der Waals surface area contributed by atoms with Crippen LogP contribution < -0.4 is 9.34 Å². The van der Waals surface area contributed by atoms with Crippen molar-refractivity contribution in [2.75, 3.05) is 3.71 Å². The Kier molecular flexibility index (Phi) is 6.82. The normalized spacial score (nSPS) is 13.8. The summed E-state index contributed by atoms with van der Waals surface area (Å²) in [6.07, 6.45) is 1.71. The highest BCUT2D eigenvalue weighted by Gasteiger charge is 2.38. The molecule has 0 bridgehead atoms. The van der Waals surface area contributed by atoms with Gasteiger partial charge in [-0.1, -0.05) is 59.7 Å². The third-order valence-corrected chi connectivity index (χ3v) is 11.8. The first-order valence-corrected chi connectivity index (χ1v) is 16.5. The third kappa shape index (κ3) is 4.82. The summed E-state index contributed by atoms with van der Waals surface area (Å²) >= 11 is 0. The summed E-state index contributed by atoms with van der Waals surface area (Å²) in [5.41, 5.74) is 4.18. The van der Waals surface area contributed by atoms with Gasteiger partial charge in [-0.15, -0.1) is 0 Å². The molecule has 6 rings (SSSR count). The van der Waals surface area contributed by atoms with Gasteiger partial charge in [0.2, 0.25) is 0 Å². The van der Waals surface area contributed by atoms with E-state index in [-0.39, 0.29) is 27.0 Å². The topological polar surface area (TPSA) is 102 Å². The SMILES string of the molecule is Cc1ccc(S(=O)(=O)N(c2ccc3oc(=O)c(-c4ccccc4C)c(C4CC4)c3c2)S(=O)(=O)c2ccc(C)cc2)cc1. The molecule has 0 unspecified atom stereocenters. The molecule has 1 heterocycles. The first-order valence-electron chi connectivity index (χ1n) is 13.6. The average Bonchev–Trinajstić information content (AvgIpc) is 3.79. The van der Waals surface area contributed by atoms with E-state index in [1.54, 1.807) is 24.3 Å². The summed E-state index contributed by atoms with van der Waals surface area (Å²) in [5, 5.41) is 0.510. The van der Waals surface area contributed by atoms with Gasteiger partial charge in [-0.05, 0) is 98.7 Å². The van der Waals surface area contributed by atoms with Gasteiger partial charge < -0.3 is 4.42 Å². The molecule has 0 amide bonds. The van der Waals surface area contributed by atoms with Crippen molar-refractivity contribution in [1.29, 1.82) is 0 Å². The van der Waals surface area contributed by atoms with Gasteiger partial charge in [0.15, 0.2) is 0 Å². The molecule has 1 fully saturated rings. The Hall–Kier alpha value is -4.21. The maximum absolute atomic E-state index is 14.2. The molecule has 0 spiro atoms. The van der Waals surface area contributed by atoms with E-state index >= 15 is 0 Å². The van der Waals surface area contributed by atoms with E-state index in [4.69, 9.17) is 4.42 Å². The Bertz CT molecular complexity index is 2040. The standard InChI is InChI=1S/C33H29NO6S2/c1-21-8-15-26(16-9-21)41(36,37)34(42(38,39)27-17-10-22(2)11-18-27)25-14-19-30-29(20-25)31(24-12-13-24)32(33(35)40-30)28-7-5-4-6-23(28)3/h4-11,14-20,24H,12-13H2,1-3H3. The highest BCUT2D eigenvalue weighted by molar-refractivity contribution is 8.10. The fraction of sp³-hybridized carbons (Fsp3) is 0.182. The average molecular weight is 600 g/mol. The van der Waals surface area contributed by atoms with Crippen molar-refractivity contribution in [2.24, 2.45) is 0 Å². The fourth-order valence-electron chi connectivity index (χ4n) is 5.25. The van der Waals surface area contributed by atoms with E-state index in [2.05, 4.69) is 0 Å². The zero-order valence-corrected chi connectivity index (χ0v) is 25.0. The van der Waals surface area contributed by atoms with Gasteiger partial charge in [-0.25, -0.2) is 21.6 Å². The van der Waals surface area contributed by atoms with Crippen LogP contribution in [0.4, 0.5) is 5.69 Å². The van der Waals surface area contributed by atoms with Crippen LogP contribution in [0.5, 0.6) is 0 Å². The van der Waals surface area contributed by atoms with Crippen LogP contribution in [0.25, 0.3) is 22.1 Å². The summed E-state index contributed by atoms with van der Waals surface area (Å²) in [5.74, 6) is 0.0670. The Morgan fingerprint density at radius 3 is 1.79 bits per heavy atom. The zero-order chi connectivity index (χ0) is 29.8. The van der Waals surface area contributed by atoms with E-state index < -0.39 is 25.7 Å². The van der Waals surface area contributed by atoms with Gasteiger partial charge in [0.25, 0.3) is 20.0 Å². The molecule has 1 aromatic heterocycles. The molecule has 4 aromatic carbocycles. The molecule has 0 N–H and O–H groups in total. The monoisotopic (exact) mass is 599 g/mol. The quantitative estimate of drug-likeness (QED) is 0.190. The highest BCUT2D eigenvalue weighted by atomic mass is 32.3. The second-order valence-corrected chi connectivity index (χ2v) is 14.6. The number of aryl methyl sites for hydroxylation is 3. The van der Waals surface area contributed by atoms with E-state index in [0.717, 1.165) is 40.7 Å². The number of hydrogen-bond donors (Lipinski definition) is 0. The molecule has 0 saturated heterocycles. The maximum Gasteiger partial charge on any atom is 0.344 e. The van der Waals surface area contributed by atoms with Crippen LogP contribution in [0.15, 0.2) is 110 Å². The second-order valence-electron chi connectivity index (χ2n) is 10.8. The molecule has 7 nitrogen and oxygen atoms in total. The van der Waals surface area contributed by atoms with Gasteiger partial charge in [-0.3, -0.25) is 0 Å². The molecular weight excluding hydrogens is 570 g/mol. The molecular formula is C33H29NO6S2. The number of nitrogens with zero attached hydrogens (tertiary/aromatic N) is 1. The van der Waals surface area contributed by atoms with Crippen LogP contribution in [0.2, 0.25) is 0 Å².